The van der Waals surface area contributed by atoms with Gasteiger partial charge in [-0.05, 0) is 11.6 Å². The van der Waals surface area contributed by atoms with Gasteiger partial charge in [-0.2, -0.15) is 5.26 Å². The summed E-state index contributed by atoms with van der Waals surface area (Å²) in [4.78, 5) is 4.81. The molecule has 106 valence electrons. The third kappa shape index (κ3) is 3.05. The summed E-state index contributed by atoms with van der Waals surface area (Å²) < 4.78 is 0. The third-order valence-electron chi connectivity index (χ3n) is 3.60. The van der Waals surface area contributed by atoms with Gasteiger partial charge in [0.05, 0.1) is 11.8 Å². The lowest BCUT2D eigenvalue weighted by Gasteiger charge is -2.10. The number of nitrogens with zero attached hydrogens (tertiary/aromatic N) is 2. The maximum Gasteiger partial charge on any atom is 0.0705 e. The third-order valence-corrected chi connectivity index (χ3v) is 3.60. The van der Waals surface area contributed by atoms with Crippen molar-refractivity contribution in [3.63, 3.8) is 0 Å². The van der Waals surface area contributed by atoms with Crippen molar-refractivity contribution in [1.82, 2.24) is 4.98 Å². The van der Waals surface area contributed by atoms with E-state index >= 15 is 0 Å². The predicted octanol–water partition coefficient (Wildman–Crippen LogP) is 4.87. The molecule has 0 saturated heterocycles. The molecule has 0 aliphatic rings. The largest absolute Gasteiger partial charge is 0.252 e. The van der Waals surface area contributed by atoms with Gasteiger partial charge < -0.3 is 0 Å². The van der Waals surface area contributed by atoms with E-state index in [4.69, 9.17) is 10.2 Å². The highest BCUT2D eigenvalue weighted by Crippen LogP contribution is 2.27. The van der Waals surface area contributed by atoms with Gasteiger partial charge in [0.25, 0.3) is 0 Å². The average Bonchev–Trinajstić information content (AvgIpc) is 2.61. The smallest absolute Gasteiger partial charge is 0.0705 e. The van der Waals surface area contributed by atoms with Crippen LogP contribution in [0.1, 0.15) is 12.1 Å². The van der Waals surface area contributed by atoms with Crippen molar-refractivity contribution < 1.29 is 0 Å². The van der Waals surface area contributed by atoms with Crippen LogP contribution in [0, 0.1) is 11.3 Å². The minimum absolute atomic E-state index is 0.477. The first-order valence-corrected chi connectivity index (χ1v) is 7.36. The number of pyridine rings is 1. The quantitative estimate of drug-likeness (QED) is 0.685. The second-order valence-electron chi connectivity index (χ2n) is 5.08. The van der Waals surface area contributed by atoms with Crippen molar-refractivity contribution in [3.8, 4) is 28.5 Å². The number of hydrogen-bond acceptors (Lipinski definition) is 2. The molecule has 0 unspecified atom stereocenters. The Hall–Kier alpha value is -2.92. The van der Waals surface area contributed by atoms with Gasteiger partial charge >= 0.3 is 0 Å². The summed E-state index contributed by atoms with van der Waals surface area (Å²) in [5.41, 5.74) is 5.28. The molecule has 0 amide bonds. The van der Waals surface area contributed by atoms with Gasteiger partial charge in [-0.15, -0.1) is 0 Å². The molecule has 0 fully saturated rings. The lowest BCUT2D eigenvalue weighted by Crippen LogP contribution is -1.96. The molecule has 2 heteroatoms. The summed E-state index contributed by atoms with van der Waals surface area (Å²) in [6, 6.07) is 26.7. The molecule has 2 nitrogen and oxygen atoms in total. The van der Waals surface area contributed by atoms with Crippen LogP contribution < -0.4 is 0 Å². The molecule has 0 N–H and O–H groups in total. The monoisotopic (exact) mass is 284 g/mol. The Morgan fingerprint density at radius 2 is 1.41 bits per heavy atom. The van der Waals surface area contributed by atoms with Crippen molar-refractivity contribution in [2.24, 2.45) is 0 Å². The number of aryl methyl sites for hydroxylation is 1. The van der Waals surface area contributed by atoms with Crippen molar-refractivity contribution in [2.75, 3.05) is 0 Å². The summed E-state index contributed by atoms with van der Waals surface area (Å²) in [7, 11) is 0. The summed E-state index contributed by atoms with van der Waals surface area (Å²) >= 11 is 0. The lowest BCUT2D eigenvalue weighted by molar-refractivity contribution is 0.957. The molecule has 0 radical (unpaired) electrons. The lowest BCUT2D eigenvalue weighted by atomic mass is 10.00. The summed E-state index contributed by atoms with van der Waals surface area (Å²) in [6.45, 7) is 0. The summed E-state index contributed by atoms with van der Waals surface area (Å²) in [6.07, 6.45) is 1.15. The molecular weight excluding hydrogens is 268 g/mol. The van der Waals surface area contributed by atoms with Gasteiger partial charge in [-0.25, -0.2) is 0 Å². The normalized spacial score (nSPS) is 10.1. The van der Waals surface area contributed by atoms with E-state index in [1.54, 1.807) is 0 Å². The molecule has 0 aliphatic carbocycles. The molecule has 0 saturated carbocycles. The Morgan fingerprint density at radius 1 is 0.773 bits per heavy atom. The van der Waals surface area contributed by atoms with Crippen LogP contribution in [-0.2, 0) is 6.42 Å². The van der Waals surface area contributed by atoms with E-state index in [1.165, 1.54) is 0 Å². The van der Waals surface area contributed by atoms with E-state index < -0.39 is 0 Å². The maximum atomic E-state index is 8.90. The van der Waals surface area contributed by atoms with E-state index in [2.05, 4.69) is 36.4 Å². The van der Waals surface area contributed by atoms with Gasteiger partial charge in [0.15, 0.2) is 0 Å². The van der Waals surface area contributed by atoms with Crippen molar-refractivity contribution in [3.05, 3.63) is 78.5 Å². The first-order chi connectivity index (χ1) is 10.9. The first-order valence-electron chi connectivity index (χ1n) is 7.36. The fraction of sp³-hybridized carbons (Fsp3) is 0.100. The second kappa shape index (κ2) is 6.69. The van der Waals surface area contributed by atoms with Crippen molar-refractivity contribution in [2.45, 2.75) is 12.8 Å². The average molecular weight is 284 g/mol. The molecule has 1 aromatic heterocycles. The number of rotatable bonds is 4. The maximum absolute atomic E-state index is 8.90. The molecule has 2 aromatic carbocycles. The van der Waals surface area contributed by atoms with Gasteiger partial charge in [0, 0.05) is 29.7 Å². The number of hydrogen-bond donors (Lipinski definition) is 0. The van der Waals surface area contributed by atoms with Gasteiger partial charge in [0.1, 0.15) is 0 Å². The zero-order valence-corrected chi connectivity index (χ0v) is 12.2. The predicted molar refractivity (Wildman–Crippen MR) is 89.0 cm³/mol. The molecule has 22 heavy (non-hydrogen) atoms. The van der Waals surface area contributed by atoms with E-state index in [0.717, 1.165) is 28.1 Å². The highest BCUT2D eigenvalue weighted by atomic mass is 14.7. The van der Waals surface area contributed by atoms with Crippen LogP contribution in [0.3, 0.4) is 0 Å². The van der Waals surface area contributed by atoms with E-state index in [-0.39, 0.29) is 0 Å². The van der Waals surface area contributed by atoms with Crippen molar-refractivity contribution in [1.29, 1.82) is 5.26 Å². The zero-order valence-electron chi connectivity index (χ0n) is 12.2. The minimum Gasteiger partial charge on any atom is -0.252 e. The standard InChI is InChI=1S/C20H16N2/c21-15-7-12-20-18(16-8-3-1-4-9-16)13-14-19(22-20)17-10-5-2-6-11-17/h1-6,8-11,13-14H,7,12H2. The second-order valence-corrected chi connectivity index (χ2v) is 5.08. The summed E-state index contributed by atoms with van der Waals surface area (Å²) in [5.74, 6) is 0. The van der Waals surface area contributed by atoms with Crippen LogP contribution in [0.5, 0.6) is 0 Å². The summed E-state index contributed by atoms with van der Waals surface area (Å²) in [5, 5.41) is 8.90. The highest BCUT2D eigenvalue weighted by molar-refractivity contribution is 5.69. The molecular formula is C20H16N2. The molecule has 0 bridgehead atoms. The molecule has 1 heterocycles. The Morgan fingerprint density at radius 3 is 2.05 bits per heavy atom. The zero-order chi connectivity index (χ0) is 15.2. The Labute approximate surface area is 130 Å². The van der Waals surface area contributed by atoms with Crippen LogP contribution in [0.4, 0.5) is 0 Å². The van der Waals surface area contributed by atoms with E-state index in [9.17, 15) is 0 Å². The topological polar surface area (TPSA) is 36.7 Å². The molecule has 3 aromatic rings. The van der Waals surface area contributed by atoms with E-state index in [1.807, 2.05) is 42.5 Å². The fourth-order valence-corrected chi connectivity index (χ4v) is 2.52. The van der Waals surface area contributed by atoms with Crippen LogP contribution >= 0.6 is 0 Å². The molecule has 0 atom stereocenters. The van der Waals surface area contributed by atoms with Crippen LogP contribution in [0.25, 0.3) is 22.4 Å². The molecule has 0 spiro atoms. The highest BCUT2D eigenvalue weighted by Gasteiger charge is 2.09. The van der Waals surface area contributed by atoms with Crippen LogP contribution in [0.15, 0.2) is 72.8 Å². The van der Waals surface area contributed by atoms with E-state index in [0.29, 0.717) is 12.8 Å². The van der Waals surface area contributed by atoms with Crippen molar-refractivity contribution >= 4 is 0 Å². The first kappa shape index (κ1) is 14.0. The number of nitriles is 1. The Kier molecular flexibility index (Phi) is 4.27. The van der Waals surface area contributed by atoms with Gasteiger partial charge in [-0.3, -0.25) is 4.98 Å². The fourth-order valence-electron chi connectivity index (χ4n) is 2.52. The Bertz CT molecular complexity index is 787. The van der Waals surface area contributed by atoms with Gasteiger partial charge in [-0.1, -0.05) is 66.7 Å². The molecule has 0 aliphatic heterocycles. The minimum atomic E-state index is 0.477. The number of aromatic nitrogens is 1. The Balaban J connectivity index is 2.06. The van der Waals surface area contributed by atoms with Gasteiger partial charge in [0.2, 0.25) is 0 Å². The SMILES string of the molecule is N#CCCc1nc(-c2ccccc2)ccc1-c1ccccc1. The number of benzene rings is 2. The van der Waals surface area contributed by atoms with Crippen LogP contribution in [0.2, 0.25) is 0 Å². The van der Waals surface area contributed by atoms with Crippen LogP contribution in [-0.4, -0.2) is 4.98 Å². The molecule has 3 rings (SSSR count).